The second-order valence-electron chi connectivity index (χ2n) is 5.58. The van der Waals surface area contributed by atoms with Gasteiger partial charge in [0.2, 0.25) is 5.91 Å². The van der Waals surface area contributed by atoms with Crippen LogP contribution < -0.4 is 14.8 Å². The molecule has 26 heavy (non-hydrogen) atoms. The van der Waals surface area contributed by atoms with Crippen LogP contribution >= 0.6 is 0 Å². The summed E-state index contributed by atoms with van der Waals surface area (Å²) in [5.41, 5.74) is 0.713. The normalized spacial score (nSPS) is 11.5. The molecule has 2 aromatic rings. The number of rotatable bonds is 8. The van der Waals surface area contributed by atoms with E-state index in [0.717, 1.165) is 11.6 Å². The summed E-state index contributed by atoms with van der Waals surface area (Å²) in [6.45, 7) is 0. The van der Waals surface area contributed by atoms with Crippen molar-refractivity contribution in [3.8, 4) is 11.5 Å². The zero-order valence-electron chi connectivity index (χ0n) is 14.5. The molecule has 1 atom stereocenters. The van der Waals surface area contributed by atoms with Crippen LogP contribution in [0.4, 0.5) is 4.39 Å². The van der Waals surface area contributed by atoms with Crippen LogP contribution in [0.5, 0.6) is 11.5 Å². The average molecular weight is 361 g/mol. The van der Waals surface area contributed by atoms with E-state index in [1.807, 2.05) is 0 Å². The Hall–Kier alpha value is -3.09. The van der Waals surface area contributed by atoms with Crippen molar-refractivity contribution in [1.29, 1.82) is 0 Å². The fourth-order valence-electron chi connectivity index (χ4n) is 2.48. The Bertz CT molecular complexity index is 771. The Morgan fingerprint density at radius 3 is 2.27 bits per heavy atom. The third-order valence-electron chi connectivity index (χ3n) is 3.82. The number of amides is 1. The number of carboxylic acids is 1. The monoisotopic (exact) mass is 361 g/mol. The second-order valence-corrected chi connectivity index (χ2v) is 5.58. The Morgan fingerprint density at radius 1 is 1.12 bits per heavy atom. The van der Waals surface area contributed by atoms with Gasteiger partial charge in [-0.3, -0.25) is 4.79 Å². The summed E-state index contributed by atoms with van der Waals surface area (Å²) < 4.78 is 24.2. The molecule has 7 heteroatoms. The van der Waals surface area contributed by atoms with E-state index < -0.39 is 23.7 Å². The molecule has 1 amide bonds. The largest absolute Gasteiger partial charge is 0.497 e. The van der Waals surface area contributed by atoms with Gasteiger partial charge in [-0.15, -0.1) is 0 Å². The van der Waals surface area contributed by atoms with E-state index >= 15 is 0 Å². The van der Waals surface area contributed by atoms with Crippen LogP contribution in [0.1, 0.15) is 23.6 Å². The van der Waals surface area contributed by atoms with Crippen molar-refractivity contribution in [2.24, 2.45) is 0 Å². The van der Waals surface area contributed by atoms with Crippen molar-refractivity contribution < 1.29 is 28.6 Å². The Labute approximate surface area is 150 Å². The molecule has 0 saturated carbocycles. The van der Waals surface area contributed by atoms with Gasteiger partial charge in [0.1, 0.15) is 17.3 Å². The zero-order valence-corrected chi connectivity index (χ0v) is 14.5. The molecule has 0 heterocycles. The van der Waals surface area contributed by atoms with E-state index in [2.05, 4.69) is 5.32 Å². The Morgan fingerprint density at radius 2 is 1.73 bits per heavy atom. The molecule has 0 aliphatic rings. The number of carboxylic acid groups (broad SMARTS) is 1. The highest BCUT2D eigenvalue weighted by atomic mass is 19.1. The van der Waals surface area contributed by atoms with Crippen molar-refractivity contribution in [3.63, 3.8) is 0 Å². The molecule has 2 N–H and O–H groups in total. The van der Waals surface area contributed by atoms with Gasteiger partial charge in [-0.2, -0.15) is 0 Å². The molecule has 138 valence electrons. The molecular weight excluding hydrogens is 341 g/mol. The maximum absolute atomic E-state index is 13.8. The highest BCUT2D eigenvalue weighted by Gasteiger charge is 2.24. The Kier molecular flexibility index (Phi) is 6.54. The fraction of sp³-hybridized carbons (Fsp3) is 0.263. The number of aryl methyl sites for hydroxylation is 1. The number of hydrogen-bond acceptors (Lipinski definition) is 4. The van der Waals surface area contributed by atoms with E-state index in [1.165, 1.54) is 32.4 Å². The summed E-state index contributed by atoms with van der Waals surface area (Å²) in [6.07, 6.45) is 0.386. The minimum absolute atomic E-state index is 0.0363. The lowest BCUT2D eigenvalue weighted by Crippen LogP contribution is -2.34. The van der Waals surface area contributed by atoms with Gasteiger partial charge in [-0.1, -0.05) is 18.2 Å². The molecule has 0 bridgehead atoms. The predicted octanol–water partition coefficient (Wildman–Crippen LogP) is 2.72. The van der Waals surface area contributed by atoms with Crippen molar-refractivity contribution >= 4 is 11.9 Å². The SMILES string of the molecule is COc1cc(CCC(=O)N[C@@H](C(=O)O)c2ccccc2F)cc(OC)c1. The van der Waals surface area contributed by atoms with Gasteiger partial charge in [-0.25, -0.2) is 9.18 Å². The van der Waals surface area contributed by atoms with Crippen molar-refractivity contribution in [2.75, 3.05) is 14.2 Å². The highest BCUT2D eigenvalue weighted by Crippen LogP contribution is 2.23. The molecule has 0 fully saturated rings. The number of ether oxygens (including phenoxy) is 2. The van der Waals surface area contributed by atoms with Crippen LogP contribution in [0, 0.1) is 5.82 Å². The van der Waals surface area contributed by atoms with E-state index in [9.17, 15) is 19.1 Å². The molecule has 0 spiro atoms. The Balaban J connectivity index is 2.05. The predicted molar refractivity (Wildman–Crippen MR) is 92.8 cm³/mol. The number of benzene rings is 2. The number of nitrogens with one attached hydrogen (secondary N) is 1. The van der Waals surface area contributed by atoms with Crippen LogP contribution in [0.15, 0.2) is 42.5 Å². The summed E-state index contributed by atoms with van der Waals surface area (Å²) in [7, 11) is 3.05. The minimum Gasteiger partial charge on any atom is -0.497 e. The number of halogens is 1. The van der Waals surface area contributed by atoms with Crippen LogP contribution in [0.3, 0.4) is 0 Å². The van der Waals surface area contributed by atoms with E-state index in [1.54, 1.807) is 18.2 Å². The maximum Gasteiger partial charge on any atom is 0.331 e. The number of carbonyl (C=O) groups is 2. The zero-order chi connectivity index (χ0) is 19.1. The number of carbonyl (C=O) groups excluding carboxylic acids is 1. The number of hydrogen-bond donors (Lipinski definition) is 2. The lowest BCUT2D eigenvalue weighted by atomic mass is 10.0. The topological polar surface area (TPSA) is 84.9 Å². The molecule has 2 aromatic carbocycles. The molecule has 0 unspecified atom stereocenters. The first-order valence-corrected chi connectivity index (χ1v) is 7.93. The smallest absolute Gasteiger partial charge is 0.331 e. The van der Waals surface area contributed by atoms with E-state index in [0.29, 0.717) is 17.9 Å². The lowest BCUT2D eigenvalue weighted by molar-refractivity contribution is -0.142. The molecular formula is C19H20FNO5. The summed E-state index contributed by atoms with van der Waals surface area (Å²) in [6, 6.07) is 9.26. The minimum atomic E-state index is -1.44. The third kappa shape index (κ3) is 4.95. The molecule has 0 radical (unpaired) electrons. The van der Waals surface area contributed by atoms with Crippen molar-refractivity contribution in [1.82, 2.24) is 5.32 Å². The van der Waals surface area contributed by atoms with Gasteiger partial charge in [-0.05, 0) is 30.2 Å². The van der Waals surface area contributed by atoms with Gasteiger partial charge >= 0.3 is 5.97 Å². The second kappa shape index (κ2) is 8.84. The van der Waals surface area contributed by atoms with E-state index in [4.69, 9.17) is 9.47 Å². The van der Waals surface area contributed by atoms with Gasteiger partial charge < -0.3 is 19.9 Å². The molecule has 6 nitrogen and oxygen atoms in total. The lowest BCUT2D eigenvalue weighted by Gasteiger charge is -2.16. The standard InChI is InChI=1S/C19H20FNO5/c1-25-13-9-12(10-14(11-13)26-2)7-8-17(22)21-18(19(23)24)15-5-3-4-6-16(15)20/h3-6,9-11,18H,7-8H2,1-2H3,(H,21,22)(H,23,24)/t18-/m1/s1. The van der Waals surface area contributed by atoms with Crippen molar-refractivity contribution in [2.45, 2.75) is 18.9 Å². The molecule has 0 aromatic heterocycles. The highest BCUT2D eigenvalue weighted by molar-refractivity contribution is 5.84. The summed E-state index contributed by atoms with van der Waals surface area (Å²) in [5.74, 6) is -1.32. The quantitative estimate of drug-likeness (QED) is 0.755. The van der Waals surface area contributed by atoms with Gasteiger partial charge in [0.15, 0.2) is 6.04 Å². The molecule has 2 rings (SSSR count). The van der Waals surface area contributed by atoms with E-state index in [-0.39, 0.29) is 12.0 Å². The van der Waals surface area contributed by atoms with Crippen LogP contribution in [0.25, 0.3) is 0 Å². The van der Waals surface area contributed by atoms with Crippen LogP contribution in [-0.4, -0.2) is 31.2 Å². The fourth-order valence-corrected chi connectivity index (χ4v) is 2.48. The molecule has 0 saturated heterocycles. The van der Waals surface area contributed by atoms with Crippen LogP contribution in [-0.2, 0) is 16.0 Å². The maximum atomic E-state index is 13.8. The first-order valence-electron chi connectivity index (χ1n) is 7.93. The summed E-state index contributed by atoms with van der Waals surface area (Å²) in [5, 5.41) is 11.7. The average Bonchev–Trinajstić information content (AvgIpc) is 2.64. The van der Waals surface area contributed by atoms with Gasteiger partial charge in [0.05, 0.1) is 14.2 Å². The van der Waals surface area contributed by atoms with Gasteiger partial charge in [0, 0.05) is 18.1 Å². The third-order valence-corrected chi connectivity index (χ3v) is 3.82. The number of methoxy groups -OCH3 is 2. The first kappa shape index (κ1) is 19.2. The summed E-state index contributed by atoms with van der Waals surface area (Å²) >= 11 is 0. The van der Waals surface area contributed by atoms with Gasteiger partial charge in [0.25, 0.3) is 0 Å². The molecule has 0 aliphatic heterocycles. The van der Waals surface area contributed by atoms with Crippen molar-refractivity contribution in [3.05, 3.63) is 59.4 Å². The first-order chi connectivity index (χ1) is 12.4. The summed E-state index contributed by atoms with van der Waals surface area (Å²) in [4.78, 5) is 23.6. The van der Waals surface area contributed by atoms with Crippen LogP contribution in [0.2, 0.25) is 0 Å². The number of aliphatic carboxylic acids is 1. The molecule has 0 aliphatic carbocycles.